The van der Waals surface area contributed by atoms with E-state index in [0.29, 0.717) is 5.56 Å². The molecule has 5 nitrogen and oxygen atoms in total. The first-order valence-corrected chi connectivity index (χ1v) is 6.91. The van der Waals surface area contributed by atoms with E-state index in [1.54, 1.807) is 0 Å². The summed E-state index contributed by atoms with van der Waals surface area (Å²) in [5.74, 6) is -0.543. The Morgan fingerprint density at radius 3 is 2.50 bits per heavy atom. The molecule has 0 spiro atoms. The minimum Gasteiger partial charge on any atom is -0.368 e. The van der Waals surface area contributed by atoms with E-state index in [2.05, 4.69) is 9.68 Å². The van der Waals surface area contributed by atoms with Gasteiger partial charge in [0.2, 0.25) is 5.88 Å². The van der Waals surface area contributed by atoms with Gasteiger partial charge in [0, 0.05) is 17.9 Å². The van der Waals surface area contributed by atoms with Gasteiger partial charge in [-0.05, 0) is 24.6 Å². The number of nitrogens with two attached hydrogens (primary N) is 1. The number of sulfone groups is 1. The molecule has 96 valence electrons. The second-order valence-corrected chi connectivity index (χ2v) is 5.97. The van der Waals surface area contributed by atoms with E-state index in [4.69, 9.17) is 5.73 Å². The van der Waals surface area contributed by atoms with E-state index >= 15 is 0 Å². The van der Waals surface area contributed by atoms with Crippen LogP contribution in [0.3, 0.4) is 0 Å². The molecule has 0 atom stereocenters. The molecule has 0 aliphatic rings. The molecule has 1 aromatic carbocycles. The Balaban J connectivity index is 2.70. The fraction of sp³-hybridized carbons (Fsp3) is 0.182. The molecule has 0 saturated carbocycles. The molecule has 0 amide bonds. The number of anilines is 1. The number of aryl methyl sites for hydroxylation is 1. The minimum atomic E-state index is -3.43. The van der Waals surface area contributed by atoms with Gasteiger partial charge in [0.15, 0.2) is 9.84 Å². The molecule has 2 rings (SSSR count). The molecule has 0 unspecified atom stereocenters. The zero-order chi connectivity index (χ0) is 13.5. The van der Waals surface area contributed by atoms with Gasteiger partial charge in [0.25, 0.3) is 0 Å². The van der Waals surface area contributed by atoms with Crippen LogP contribution in [-0.2, 0) is 9.84 Å². The van der Waals surface area contributed by atoms with Crippen LogP contribution in [-0.4, -0.2) is 19.8 Å². The standard InChI is InChI=1S/C11H11FN2O3S/c1-6-3-8(12)7(4-10(6)18(2,15)16)9-5-11(13)17-14-9/h3-5H,13H2,1-2H3. The highest BCUT2D eigenvalue weighted by Gasteiger charge is 2.17. The van der Waals surface area contributed by atoms with Crippen molar-refractivity contribution in [2.24, 2.45) is 0 Å². The van der Waals surface area contributed by atoms with Gasteiger partial charge in [0.05, 0.1) is 4.90 Å². The first kappa shape index (κ1) is 12.6. The molecule has 0 aliphatic carbocycles. The van der Waals surface area contributed by atoms with Crippen molar-refractivity contribution in [1.82, 2.24) is 5.16 Å². The summed E-state index contributed by atoms with van der Waals surface area (Å²) in [4.78, 5) is 0.0560. The molecular weight excluding hydrogens is 259 g/mol. The van der Waals surface area contributed by atoms with Gasteiger partial charge in [0.1, 0.15) is 11.5 Å². The van der Waals surface area contributed by atoms with Gasteiger partial charge in [-0.25, -0.2) is 12.8 Å². The molecule has 18 heavy (non-hydrogen) atoms. The maximum absolute atomic E-state index is 13.8. The van der Waals surface area contributed by atoms with Crippen molar-refractivity contribution in [2.45, 2.75) is 11.8 Å². The van der Waals surface area contributed by atoms with Crippen molar-refractivity contribution in [3.63, 3.8) is 0 Å². The molecule has 2 N–H and O–H groups in total. The van der Waals surface area contributed by atoms with E-state index in [9.17, 15) is 12.8 Å². The van der Waals surface area contributed by atoms with E-state index in [-0.39, 0.29) is 22.0 Å². The zero-order valence-corrected chi connectivity index (χ0v) is 10.6. The van der Waals surface area contributed by atoms with Gasteiger partial charge in [-0.3, -0.25) is 0 Å². The number of aromatic nitrogens is 1. The molecule has 0 aliphatic heterocycles. The van der Waals surface area contributed by atoms with Gasteiger partial charge >= 0.3 is 0 Å². The number of benzene rings is 1. The van der Waals surface area contributed by atoms with Crippen LogP contribution >= 0.6 is 0 Å². The van der Waals surface area contributed by atoms with Crippen LogP contribution in [0.5, 0.6) is 0 Å². The Morgan fingerprint density at radius 2 is 2.00 bits per heavy atom. The number of nitrogens with zero attached hydrogens (tertiary/aromatic N) is 1. The van der Waals surface area contributed by atoms with Crippen LogP contribution in [0.2, 0.25) is 0 Å². The summed E-state index contributed by atoms with van der Waals surface area (Å²) < 4.78 is 41.6. The summed E-state index contributed by atoms with van der Waals surface area (Å²) in [6.45, 7) is 1.53. The van der Waals surface area contributed by atoms with E-state index < -0.39 is 15.7 Å². The Bertz CT molecular complexity index is 707. The third-order valence-electron chi connectivity index (χ3n) is 2.47. The third kappa shape index (κ3) is 2.21. The predicted octanol–water partition coefficient (Wildman–Crippen LogP) is 1.77. The van der Waals surface area contributed by atoms with Crippen molar-refractivity contribution < 1.29 is 17.3 Å². The Kier molecular flexibility index (Phi) is 2.86. The zero-order valence-electron chi connectivity index (χ0n) is 9.77. The highest BCUT2D eigenvalue weighted by atomic mass is 32.2. The number of nitrogen functional groups attached to an aromatic ring is 1. The topological polar surface area (TPSA) is 86.2 Å². The molecule has 0 saturated heterocycles. The van der Waals surface area contributed by atoms with Gasteiger partial charge in [-0.1, -0.05) is 5.16 Å². The molecule has 0 bridgehead atoms. The number of hydrogen-bond acceptors (Lipinski definition) is 5. The first-order chi connectivity index (χ1) is 8.29. The number of rotatable bonds is 2. The van der Waals surface area contributed by atoms with Crippen LogP contribution in [0.1, 0.15) is 5.56 Å². The van der Waals surface area contributed by atoms with Crippen molar-refractivity contribution in [3.8, 4) is 11.3 Å². The van der Waals surface area contributed by atoms with E-state index in [1.807, 2.05) is 0 Å². The lowest BCUT2D eigenvalue weighted by Crippen LogP contribution is -2.02. The lowest BCUT2D eigenvalue weighted by Gasteiger charge is -2.06. The second-order valence-electron chi connectivity index (χ2n) is 3.98. The molecular formula is C11H11FN2O3S. The largest absolute Gasteiger partial charge is 0.368 e. The molecule has 1 aromatic heterocycles. The Labute approximate surface area is 103 Å². The van der Waals surface area contributed by atoms with E-state index in [0.717, 1.165) is 12.3 Å². The van der Waals surface area contributed by atoms with Gasteiger partial charge in [-0.15, -0.1) is 0 Å². The van der Waals surface area contributed by atoms with Crippen LogP contribution in [0.25, 0.3) is 11.3 Å². The summed E-state index contributed by atoms with van der Waals surface area (Å²) in [6.07, 6.45) is 1.06. The quantitative estimate of drug-likeness (QED) is 0.840. The summed E-state index contributed by atoms with van der Waals surface area (Å²) in [7, 11) is -3.43. The smallest absolute Gasteiger partial charge is 0.222 e. The summed E-state index contributed by atoms with van der Waals surface area (Å²) in [6, 6.07) is 3.72. The van der Waals surface area contributed by atoms with Gasteiger partial charge < -0.3 is 10.3 Å². The Morgan fingerprint density at radius 1 is 1.33 bits per heavy atom. The molecule has 0 radical (unpaired) electrons. The number of hydrogen-bond donors (Lipinski definition) is 1. The molecule has 1 heterocycles. The normalized spacial score (nSPS) is 11.7. The van der Waals surface area contributed by atoms with Crippen LogP contribution in [0, 0.1) is 12.7 Å². The van der Waals surface area contributed by atoms with Crippen molar-refractivity contribution in [3.05, 3.63) is 29.6 Å². The lowest BCUT2D eigenvalue weighted by atomic mass is 10.1. The monoisotopic (exact) mass is 270 g/mol. The average Bonchev–Trinajstić information content (AvgIpc) is 2.62. The summed E-state index contributed by atoms with van der Waals surface area (Å²) in [5, 5.41) is 3.56. The fourth-order valence-electron chi connectivity index (χ4n) is 1.66. The maximum atomic E-state index is 13.8. The van der Waals surface area contributed by atoms with E-state index in [1.165, 1.54) is 19.1 Å². The van der Waals surface area contributed by atoms with Crippen molar-refractivity contribution >= 4 is 15.7 Å². The third-order valence-corrected chi connectivity index (χ3v) is 3.71. The highest BCUT2D eigenvalue weighted by Crippen LogP contribution is 2.28. The van der Waals surface area contributed by atoms with Crippen LogP contribution in [0.15, 0.2) is 27.6 Å². The molecule has 7 heteroatoms. The molecule has 0 fully saturated rings. The second kappa shape index (κ2) is 4.09. The maximum Gasteiger partial charge on any atom is 0.222 e. The fourth-order valence-corrected chi connectivity index (χ4v) is 2.64. The average molecular weight is 270 g/mol. The lowest BCUT2D eigenvalue weighted by molar-refractivity contribution is 0.438. The first-order valence-electron chi connectivity index (χ1n) is 5.02. The summed E-state index contributed by atoms with van der Waals surface area (Å²) >= 11 is 0. The van der Waals surface area contributed by atoms with Crippen molar-refractivity contribution in [2.75, 3.05) is 12.0 Å². The highest BCUT2D eigenvalue weighted by molar-refractivity contribution is 7.90. The van der Waals surface area contributed by atoms with Crippen LogP contribution < -0.4 is 5.73 Å². The minimum absolute atomic E-state index is 0.0332. The van der Waals surface area contributed by atoms with Gasteiger partial charge in [-0.2, -0.15) is 0 Å². The predicted molar refractivity (Wildman–Crippen MR) is 64.2 cm³/mol. The summed E-state index contributed by atoms with van der Waals surface area (Å²) in [5.41, 5.74) is 5.90. The Hall–Kier alpha value is -1.89. The van der Waals surface area contributed by atoms with Crippen LogP contribution in [0.4, 0.5) is 10.3 Å². The SMILES string of the molecule is Cc1cc(F)c(-c2cc(N)on2)cc1S(C)(=O)=O. The molecule has 2 aromatic rings. The number of halogens is 1. The van der Waals surface area contributed by atoms with Crippen molar-refractivity contribution in [1.29, 1.82) is 0 Å².